The van der Waals surface area contributed by atoms with Crippen LogP contribution in [0.1, 0.15) is 29.5 Å². The molecule has 0 radical (unpaired) electrons. The highest BCUT2D eigenvalue weighted by Crippen LogP contribution is 2.54. The predicted molar refractivity (Wildman–Crippen MR) is 136 cm³/mol. The number of fused-ring (bicyclic) bond motifs is 5. The number of oxazole rings is 1. The second-order valence-electron chi connectivity index (χ2n) is 10.0. The minimum Gasteiger partial charge on any atom is -0.441 e. The molecule has 3 fully saturated rings. The number of amides is 2. The second kappa shape index (κ2) is 7.89. The highest BCUT2D eigenvalue weighted by Gasteiger charge is 2.59. The van der Waals surface area contributed by atoms with E-state index in [1.165, 1.54) is 0 Å². The van der Waals surface area contributed by atoms with E-state index < -0.39 is 0 Å². The van der Waals surface area contributed by atoms with Crippen molar-refractivity contribution >= 4 is 34.4 Å². The summed E-state index contributed by atoms with van der Waals surface area (Å²) in [5.74, 6) is 2.57. The fourth-order valence-corrected chi connectivity index (χ4v) is 6.45. The number of nitrogens with zero attached hydrogens (tertiary/aromatic N) is 5. The molecule has 7 rings (SSSR count). The Labute approximate surface area is 214 Å². The zero-order chi connectivity index (χ0) is 24.6. The minimum atomic E-state index is -0.0854. The Kier molecular flexibility index (Phi) is 4.73. The van der Waals surface area contributed by atoms with Crippen LogP contribution in [-0.2, 0) is 0 Å². The van der Waals surface area contributed by atoms with Gasteiger partial charge in [-0.15, -0.1) is 0 Å². The third-order valence-corrected chi connectivity index (χ3v) is 8.40. The molecule has 1 N–H and O–H groups in total. The molecule has 9 nitrogen and oxygen atoms in total. The Morgan fingerprint density at radius 3 is 2.19 bits per heavy atom. The summed E-state index contributed by atoms with van der Waals surface area (Å²) < 4.78 is 5.81. The smallest absolute Gasteiger partial charge is 0.276 e. The van der Waals surface area contributed by atoms with E-state index in [4.69, 9.17) is 16.0 Å². The lowest BCUT2D eigenvalue weighted by molar-refractivity contribution is 0.0629. The van der Waals surface area contributed by atoms with Crippen LogP contribution < -0.4 is 0 Å². The minimum absolute atomic E-state index is 0. The third kappa shape index (κ3) is 3.26. The van der Waals surface area contributed by atoms with Gasteiger partial charge in [0.1, 0.15) is 16.8 Å². The number of likely N-dealkylation sites (tertiary alicyclic amines) is 2. The number of benzene rings is 2. The molecule has 0 bridgehead atoms. The maximum Gasteiger partial charge on any atom is 0.276 e. The number of aryl methyl sites for hydroxylation is 1. The maximum absolute atomic E-state index is 13.4. The van der Waals surface area contributed by atoms with Crippen molar-refractivity contribution in [3.63, 3.8) is 0 Å². The summed E-state index contributed by atoms with van der Waals surface area (Å²) in [4.78, 5) is 34.9. The van der Waals surface area contributed by atoms with Crippen molar-refractivity contribution in [3.8, 4) is 11.5 Å². The standard InChI is InChI=1S/C26H23ClN6O3.2H2/c1-13-23(28-24(36-13)14-2-5-16(27)6-3-14)26(35)33-11-19-17-9-32(10-18(17)20(19)12-33)25(34)15-4-7-21-22(8-15)30-31-29-21;;/h2-8,17-20H,9-12H2,1H3,(H,29,30,31);2*1H/t17-,18+,19?,20?;;. The van der Waals surface area contributed by atoms with Crippen LogP contribution >= 0.6 is 11.6 Å². The normalized spacial score (nSPS) is 24.6. The van der Waals surface area contributed by atoms with Crippen molar-refractivity contribution in [2.45, 2.75) is 6.92 Å². The topological polar surface area (TPSA) is 108 Å². The van der Waals surface area contributed by atoms with Gasteiger partial charge in [0.25, 0.3) is 11.8 Å². The van der Waals surface area contributed by atoms with Gasteiger partial charge < -0.3 is 14.2 Å². The molecule has 4 heterocycles. The summed E-state index contributed by atoms with van der Waals surface area (Å²) in [6.07, 6.45) is 0. The Balaban J connectivity index is 0.00000147. The van der Waals surface area contributed by atoms with Crippen molar-refractivity contribution in [2.75, 3.05) is 26.2 Å². The summed E-state index contributed by atoms with van der Waals surface area (Å²) in [5, 5.41) is 11.4. The third-order valence-electron chi connectivity index (χ3n) is 8.15. The van der Waals surface area contributed by atoms with Crippen LogP contribution in [0.2, 0.25) is 5.02 Å². The number of aromatic nitrogens is 4. The van der Waals surface area contributed by atoms with Crippen molar-refractivity contribution in [2.24, 2.45) is 23.7 Å². The second-order valence-corrected chi connectivity index (χ2v) is 10.5. The fourth-order valence-electron chi connectivity index (χ4n) is 6.32. The molecule has 10 heteroatoms. The van der Waals surface area contributed by atoms with Gasteiger partial charge in [-0.05, 0) is 73.1 Å². The Hall–Kier alpha value is -3.72. The van der Waals surface area contributed by atoms with Crippen LogP contribution in [0.5, 0.6) is 0 Å². The summed E-state index contributed by atoms with van der Waals surface area (Å²) in [6, 6.07) is 12.6. The number of hydrogen-bond donors (Lipinski definition) is 1. The molecule has 2 saturated heterocycles. The molecule has 2 aliphatic heterocycles. The first-order valence-corrected chi connectivity index (χ1v) is 12.5. The Bertz CT molecular complexity index is 1500. The number of hydrogen-bond acceptors (Lipinski definition) is 6. The summed E-state index contributed by atoms with van der Waals surface area (Å²) in [7, 11) is 0. The van der Waals surface area contributed by atoms with Gasteiger partial charge in [0.2, 0.25) is 5.89 Å². The van der Waals surface area contributed by atoms with Crippen molar-refractivity contribution in [1.82, 2.24) is 30.2 Å². The van der Waals surface area contributed by atoms with Gasteiger partial charge in [-0.1, -0.05) is 11.6 Å². The number of aromatic amines is 1. The predicted octanol–water partition coefficient (Wildman–Crippen LogP) is 4.16. The number of H-pyrrole nitrogens is 1. The molecular formula is C26H27ClN6O3. The lowest BCUT2D eigenvalue weighted by Gasteiger charge is -2.42. The first kappa shape index (κ1) is 21.6. The number of rotatable bonds is 3. The molecule has 4 aromatic rings. The van der Waals surface area contributed by atoms with E-state index in [0.717, 1.165) is 24.2 Å². The highest BCUT2D eigenvalue weighted by molar-refractivity contribution is 6.30. The van der Waals surface area contributed by atoms with E-state index in [9.17, 15) is 9.59 Å². The summed E-state index contributed by atoms with van der Waals surface area (Å²) in [5.41, 5.74) is 3.22. The van der Waals surface area contributed by atoms with Crippen molar-refractivity contribution < 1.29 is 16.9 Å². The summed E-state index contributed by atoms with van der Waals surface area (Å²) >= 11 is 5.98. The van der Waals surface area contributed by atoms with E-state index in [0.29, 0.717) is 70.2 Å². The highest BCUT2D eigenvalue weighted by atomic mass is 35.5. The van der Waals surface area contributed by atoms with Crippen LogP contribution in [0.3, 0.4) is 0 Å². The van der Waals surface area contributed by atoms with E-state index in [2.05, 4.69) is 20.4 Å². The summed E-state index contributed by atoms with van der Waals surface area (Å²) in [6.45, 7) is 4.62. The van der Waals surface area contributed by atoms with Crippen LogP contribution in [0.15, 0.2) is 46.9 Å². The lowest BCUT2D eigenvalue weighted by Crippen LogP contribution is -2.44. The van der Waals surface area contributed by atoms with Gasteiger partial charge in [0.15, 0.2) is 5.69 Å². The molecule has 1 aliphatic carbocycles. The van der Waals surface area contributed by atoms with E-state index >= 15 is 0 Å². The zero-order valence-corrected chi connectivity index (χ0v) is 20.3. The number of carbonyl (C=O) groups is 2. The quantitative estimate of drug-likeness (QED) is 0.447. The van der Waals surface area contributed by atoms with Crippen molar-refractivity contribution in [3.05, 3.63) is 64.5 Å². The molecule has 3 aliphatic rings. The van der Waals surface area contributed by atoms with Crippen LogP contribution in [0.25, 0.3) is 22.5 Å². The SMILES string of the molecule is Cc1oc(-c2ccc(Cl)cc2)nc1C(=O)N1CC2C(C1)[C@@H]1CN(C(=O)c3ccc4n[nH]nc4c3)C[C@H]21.[HH].[HH]. The number of carbonyl (C=O) groups excluding carboxylic acids is 2. The van der Waals surface area contributed by atoms with Gasteiger partial charge in [0, 0.05) is 45.2 Å². The Morgan fingerprint density at radius 2 is 1.53 bits per heavy atom. The first-order chi connectivity index (χ1) is 17.5. The van der Waals surface area contributed by atoms with E-state index in [1.54, 1.807) is 25.1 Å². The molecule has 36 heavy (non-hydrogen) atoms. The average Bonchev–Trinajstić information content (AvgIpc) is 3.65. The molecule has 1 saturated carbocycles. The first-order valence-electron chi connectivity index (χ1n) is 12.1. The van der Waals surface area contributed by atoms with Crippen molar-refractivity contribution in [1.29, 1.82) is 0 Å². The maximum atomic E-state index is 13.4. The van der Waals surface area contributed by atoms with Crippen LogP contribution in [0.4, 0.5) is 0 Å². The van der Waals surface area contributed by atoms with Crippen LogP contribution in [-0.4, -0.2) is 68.2 Å². The molecule has 2 aromatic carbocycles. The van der Waals surface area contributed by atoms with Gasteiger partial charge >= 0.3 is 0 Å². The fraction of sp³-hybridized carbons (Fsp3) is 0.346. The number of nitrogens with one attached hydrogen (secondary N) is 1. The lowest BCUT2D eigenvalue weighted by atomic mass is 9.60. The molecular weight excluding hydrogens is 480 g/mol. The largest absolute Gasteiger partial charge is 0.441 e. The van der Waals surface area contributed by atoms with Gasteiger partial charge in [-0.3, -0.25) is 9.59 Å². The van der Waals surface area contributed by atoms with E-state index in [-0.39, 0.29) is 14.7 Å². The molecule has 4 atom stereocenters. The number of halogens is 1. The van der Waals surface area contributed by atoms with Crippen LogP contribution in [0, 0.1) is 30.6 Å². The molecule has 0 spiro atoms. The van der Waals surface area contributed by atoms with Gasteiger partial charge in [-0.2, -0.15) is 15.4 Å². The monoisotopic (exact) mass is 506 g/mol. The van der Waals surface area contributed by atoms with E-state index in [1.807, 2.05) is 34.1 Å². The van der Waals surface area contributed by atoms with Gasteiger partial charge in [-0.25, -0.2) is 4.98 Å². The Morgan fingerprint density at radius 1 is 0.917 bits per heavy atom. The molecule has 186 valence electrons. The van der Waals surface area contributed by atoms with Gasteiger partial charge in [0.05, 0.1) is 0 Å². The average molecular weight is 507 g/mol. The molecule has 2 aromatic heterocycles. The molecule has 2 unspecified atom stereocenters. The molecule has 2 amide bonds. The zero-order valence-electron chi connectivity index (χ0n) is 19.5.